The van der Waals surface area contributed by atoms with Crippen molar-refractivity contribution in [2.75, 3.05) is 0 Å². The smallest absolute Gasteiger partial charge is 0.0982 e. The van der Waals surface area contributed by atoms with Crippen molar-refractivity contribution in [1.82, 2.24) is 0 Å². The Labute approximate surface area is 131 Å². The fourth-order valence-corrected chi connectivity index (χ4v) is 9.65. The fraction of sp³-hybridized carbons (Fsp3) is 0.750. The molecule has 3 nitrogen and oxygen atoms in total. The van der Waals surface area contributed by atoms with E-state index in [9.17, 15) is 15.3 Å². The second-order valence-corrected chi connectivity index (χ2v) is 18.5. The van der Waals surface area contributed by atoms with E-state index >= 15 is 0 Å². The maximum atomic E-state index is 11.4. The minimum Gasteiger partial charge on any atom is -0.389 e. The molecule has 0 saturated heterocycles. The average Bonchev–Trinajstić information content (AvgIpc) is 2.44. The van der Waals surface area contributed by atoms with Crippen LogP contribution in [0, 0.1) is 0 Å². The van der Waals surface area contributed by atoms with Gasteiger partial charge in [-0.3, -0.25) is 0 Å². The topological polar surface area (TPSA) is 60.7 Å². The molecule has 0 amide bonds. The molecular formula is C16H32O3Si2. The largest absolute Gasteiger partial charge is 0.389 e. The van der Waals surface area contributed by atoms with Gasteiger partial charge in [-0.1, -0.05) is 39.3 Å². The van der Waals surface area contributed by atoms with Crippen LogP contribution < -0.4 is 0 Å². The SMILES string of the molecule is C[C@H](O)C1=C([Si](C)(C)C)C(C)(O)C([Si](C)(C)C)=C1[C@@H](C)O. The van der Waals surface area contributed by atoms with Gasteiger partial charge >= 0.3 is 0 Å². The molecule has 0 bridgehead atoms. The van der Waals surface area contributed by atoms with Gasteiger partial charge in [0.15, 0.2) is 0 Å². The highest BCUT2D eigenvalue weighted by Gasteiger charge is 2.51. The lowest BCUT2D eigenvalue weighted by Crippen LogP contribution is -2.46. The van der Waals surface area contributed by atoms with Crippen molar-refractivity contribution < 1.29 is 15.3 Å². The standard InChI is InChI=1S/C16H32O3Si2/c1-10(17)12-13(11(2)18)15(21(7,8)9)16(3,19)14(12)20(4,5)6/h10-11,17-19H,1-9H3/t10-,11+,16?. The minimum absolute atomic E-state index is 0.670. The summed E-state index contributed by atoms with van der Waals surface area (Å²) in [4.78, 5) is 0. The van der Waals surface area contributed by atoms with Gasteiger partial charge in [0.1, 0.15) is 0 Å². The van der Waals surface area contributed by atoms with Crippen molar-refractivity contribution in [2.45, 2.75) is 77.9 Å². The van der Waals surface area contributed by atoms with Crippen LogP contribution in [0.15, 0.2) is 21.5 Å². The van der Waals surface area contributed by atoms with E-state index in [1.54, 1.807) is 13.8 Å². The number of rotatable bonds is 4. The van der Waals surface area contributed by atoms with E-state index < -0.39 is 34.0 Å². The van der Waals surface area contributed by atoms with E-state index in [-0.39, 0.29) is 0 Å². The van der Waals surface area contributed by atoms with Crippen LogP contribution >= 0.6 is 0 Å². The van der Waals surface area contributed by atoms with E-state index in [0.717, 1.165) is 21.5 Å². The first kappa shape index (κ1) is 18.8. The Morgan fingerprint density at radius 2 is 1.00 bits per heavy atom. The number of hydrogen-bond acceptors (Lipinski definition) is 3. The molecule has 1 aliphatic carbocycles. The monoisotopic (exact) mass is 328 g/mol. The van der Waals surface area contributed by atoms with E-state index in [4.69, 9.17) is 0 Å². The molecule has 0 spiro atoms. The summed E-state index contributed by atoms with van der Waals surface area (Å²) in [5.41, 5.74) is 0.561. The Bertz CT molecular complexity index is 443. The van der Waals surface area contributed by atoms with Gasteiger partial charge in [-0.05, 0) is 42.3 Å². The van der Waals surface area contributed by atoms with Crippen molar-refractivity contribution in [3.63, 3.8) is 0 Å². The number of aliphatic hydroxyl groups excluding tert-OH is 2. The Hall–Kier alpha value is -0.206. The van der Waals surface area contributed by atoms with Gasteiger partial charge < -0.3 is 15.3 Å². The molecule has 0 aliphatic heterocycles. The van der Waals surface area contributed by atoms with Gasteiger partial charge in [0.2, 0.25) is 0 Å². The average molecular weight is 329 g/mol. The second-order valence-electron chi connectivity index (χ2n) is 8.50. The summed E-state index contributed by atoms with van der Waals surface area (Å²) in [7, 11) is -3.71. The predicted molar refractivity (Wildman–Crippen MR) is 94.7 cm³/mol. The highest BCUT2D eigenvalue weighted by atomic mass is 28.3. The zero-order valence-electron chi connectivity index (χ0n) is 15.0. The quantitative estimate of drug-likeness (QED) is 0.696. The first-order chi connectivity index (χ1) is 9.13. The maximum absolute atomic E-state index is 11.4. The Morgan fingerprint density at radius 3 is 1.14 bits per heavy atom. The molecule has 0 heterocycles. The van der Waals surface area contributed by atoms with Crippen LogP contribution in [0.1, 0.15) is 20.8 Å². The van der Waals surface area contributed by atoms with Gasteiger partial charge in [0.25, 0.3) is 0 Å². The van der Waals surface area contributed by atoms with Crippen LogP contribution in [0.3, 0.4) is 0 Å². The highest BCUT2D eigenvalue weighted by Crippen LogP contribution is 2.49. The number of aliphatic hydroxyl groups is 3. The molecule has 122 valence electrons. The second kappa shape index (κ2) is 5.46. The molecular weight excluding hydrogens is 296 g/mol. The van der Waals surface area contributed by atoms with Crippen LogP contribution in [0.5, 0.6) is 0 Å². The van der Waals surface area contributed by atoms with Gasteiger partial charge in [-0.25, -0.2) is 0 Å². The molecule has 1 rings (SSSR count). The van der Waals surface area contributed by atoms with Crippen molar-refractivity contribution in [3.05, 3.63) is 21.5 Å². The van der Waals surface area contributed by atoms with Crippen LogP contribution in [0.25, 0.3) is 0 Å². The summed E-state index contributed by atoms with van der Waals surface area (Å²) < 4.78 is 0. The van der Waals surface area contributed by atoms with Crippen LogP contribution in [0.4, 0.5) is 0 Å². The fourth-order valence-electron chi connectivity index (χ4n) is 4.06. The summed E-state index contributed by atoms with van der Waals surface area (Å²) in [6, 6.07) is 0. The first-order valence-electron chi connectivity index (χ1n) is 7.72. The molecule has 0 aromatic carbocycles. The summed E-state index contributed by atoms with van der Waals surface area (Å²) >= 11 is 0. The lowest BCUT2D eigenvalue weighted by atomic mass is 10.0. The van der Waals surface area contributed by atoms with E-state index in [1.165, 1.54) is 0 Å². The van der Waals surface area contributed by atoms with E-state index in [2.05, 4.69) is 39.3 Å². The van der Waals surface area contributed by atoms with Crippen molar-refractivity contribution in [2.24, 2.45) is 0 Å². The molecule has 3 N–H and O–H groups in total. The Kier molecular flexibility index (Phi) is 4.90. The van der Waals surface area contributed by atoms with Crippen LogP contribution in [0.2, 0.25) is 39.3 Å². The summed E-state index contributed by atoms with van der Waals surface area (Å²) in [5, 5.41) is 34.0. The zero-order chi connectivity index (χ0) is 17.0. The van der Waals surface area contributed by atoms with Gasteiger partial charge in [0, 0.05) is 0 Å². The molecule has 1 aliphatic rings. The minimum atomic E-state index is -1.85. The van der Waals surface area contributed by atoms with Gasteiger partial charge in [-0.2, -0.15) is 0 Å². The third-order valence-corrected chi connectivity index (χ3v) is 8.65. The summed E-state index contributed by atoms with van der Waals surface area (Å²) in [6.45, 7) is 18.4. The third kappa shape index (κ3) is 3.27. The summed E-state index contributed by atoms with van der Waals surface area (Å²) in [6.07, 6.45) is -1.34. The van der Waals surface area contributed by atoms with E-state index in [1.807, 2.05) is 6.92 Å². The Balaban J connectivity index is 3.84. The molecule has 0 radical (unpaired) electrons. The van der Waals surface area contributed by atoms with Crippen LogP contribution in [-0.2, 0) is 0 Å². The molecule has 21 heavy (non-hydrogen) atoms. The predicted octanol–water partition coefficient (Wildman–Crippen LogP) is 2.86. The van der Waals surface area contributed by atoms with Crippen molar-refractivity contribution >= 4 is 16.1 Å². The lowest BCUT2D eigenvalue weighted by Gasteiger charge is -2.38. The zero-order valence-corrected chi connectivity index (χ0v) is 17.0. The van der Waals surface area contributed by atoms with Crippen LogP contribution in [-0.4, -0.2) is 49.3 Å². The van der Waals surface area contributed by atoms with Gasteiger partial charge in [-0.15, -0.1) is 0 Å². The molecule has 3 atom stereocenters. The normalized spacial score (nSPS) is 27.4. The molecule has 0 aromatic heterocycles. The van der Waals surface area contributed by atoms with Crippen molar-refractivity contribution in [1.29, 1.82) is 0 Å². The third-order valence-electron chi connectivity index (χ3n) is 4.14. The Morgan fingerprint density at radius 1 is 0.762 bits per heavy atom. The molecule has 1 unspecified atom stereocenters. The summed E-state index contributed by atoms with van der Waals surface area (Å²) in [5.74, 6) is 0. The molecule has 0 fully saturated rings. The maximum Gasteiger partial charge on any atom is 0.0982 e. The van der Waals surface area contributed by atoms with Crippen molar-refractivity contribution in [3.8, 4) is 0 Å². The molecule has 0 aromatic rings. The number of hydrogen-bond donors (Lipinski definition) is 3. The highest BCUT2D eigenvalue weighted by molar-refractivity contribution is 6.87. The first-order valence-corrected chi connectivity index (χ1v) is 14.7. The molecule has 5 heteroatoms. The lowest BCUT2D eigenvalue weighted by molar-refractivity contribution is 0.150. The van der Waals surface area contributed by atoms with Gasteiger partial charge in [0.05, 0.1) is 34.0 Å². The molecule has 0 saturated carbocycles. The van der Waals surface area contributed by atoms with E-state index in [0.29, 0.717) is 0 Å².